The number of hydrogen-bond acceptors (Lipinski definition) is 3. The van der Waals surface area contributed by atoms with Gasteiger partial charge in [-0.25, -0.2) is 4.79 Å². The standard InChI is InChI=1S/C14H28N2O2S/c1-10(11(9-17)19-4)15-13(18)16-12-7-5-6-8-14(12,2)3/h10-12,17H,5-9H2,1-4H3,(H2,15,16,18). The van der Waals surface area contributed by atoms with Crippen molar-refractivity contribution in [2.75, 3.05) is 12.9 Å². The summed E-state index contributed by atoms with van der Waals surface area (Å²) in [5.41, 5.74) is 0.175. The maximum absolute atomic E-state index is 12.0. The molecule has 19 heavy (non-hydrogen) atoms. The molecule has 0 bridgehead atoms. The van der Waals surface area contributed by atoms with E-state index in [9.17, 15) is 9.90 Å². The first-order valence-corrected chi connectivity index (χ1v) is 8.40. The number of aliphatic hydroxyl groups is 1. The maximum Gasteiger partial charge on any atom is 0.315 e. The Morgan fingerprint density at radius 3 is 2.68 bits per heavy atom. The van der Waals surface area contributed by atoms with Crippen molar-refractivity contribution in [2.45, 2.75) is 63.8 Å². The van der Waals surface area contributed by atoms with E-state index in [1.807, 2.05) is 13.2 Å². The van der Waals surface area contributed by atoms with Crippen molar-refractivity contribution in [1.82, 2.24) is 10.6 Å². The smallest absolute Gasteiger partial charge is 0.315 e. The molecule has 3 N–H and O–H groups in total. The van der Waals surface area contributed by atoms with E-state index in [-0.39, 0.29) is 35.4 Å². The number of carbonyl (C=O) groups excluding carboxylic acids is 1. The van der Waals surface area contributed by atoms with Crippen LogP contribution in [-0.2, 0) is 0 Å². The third-order valence-corrected chi connectivity index (χ3v) is 5.37. The fourth-order valence-electron chi connectivity index (χ4n) is 2.70. The molecule has 4 nitrogen and oxygen atoms in total. The summed E-state index contributed by atoms with van der Waals surface area (Å²) in [4.78, 5) is 12.0. The van der Waals surface area contributed by atoms with Gasteiger partial charge in [-0.05, 0) is 31.4 Å². The summed E-state index contributed by atoms with van der Waals surface area (Å²) in [5.74, 6) is 0. The quantitative estimate of drug-likeness (QED) is 0.728. The van der Waals surface area contributed by atoms with Crippen molar-refractivity contribution in [3.05, 3.63) is 0 Å². The topological polar surface area (TPSA) is 61.4 Å². The lowest BCUT2D eigenvalue weighted by atomic mass is 9.73. The maximum atomic E-state index is 12.0. The molecule has 1 rings (SSSR count). The largest absolute Gasteiger partial charge is 0.395 e. The first-order chi connectivity index (χ1) is 8.90. The van der Waals surface area contributed by atoms with Gasteiger partial charge in [0.05, 0.1) is 6.61 Å². The summed E-state index contributed by atoms with van der Waals surface area (Å²) in [6.45, 7) is 6.46. The molecule has 0 aromatic heterocycles. The van der Waals surface area contributed by atoms with Crippen LogP contribution in [0.25, 0.3) is 0 Å². The molecule has 0 aromatic rings. The van der Waals surface area contributed by atoms with Gasteiger partial charge in [-0.15, -0.1) is 0 Å². The Bertz CT molecular complexity index is 293. The first kappa shape index (κ1) is 16.6. The average Bonchev–Trinajstić information content (AvgIpc) is 2.33. The highest BCUT2D eigenvalue weighted by Gasteiger charge is 2.33. The van der Waals surface area contributed by atoms with Crippen LogP contribution in [-0.4, -0.2) is 41.3 Å². The van der Waals surface area contributed by atoms with Gasteiger partial charge in [0, 0.05) is 17.3 Å². The van der Waals surface area contributed by atoms with E-state index < -0.39 is 0 Å². The second kappa shape index (κ2) is 7.39. The van der Waals surface area contributed by atoms with Crippen molar-refractivity contribution >= 4 is 17.8 Å². The van der Waals surface area contributed by atoms with Gasteiger partial charge in [-0.3, -0.25) is 0 Å². The Morgan fingerprint density at radius 2 is 2.16 bits per heavy atom. The average molecular weight is 288 g/mol. The molecule has 1 saturated carbocycles. The summed E-state index contributed by atoms with van der Waals surface area (Å²) in [6.07, 6.45) is 6.61. The molecule has 2 amide bonds. The van der Waals surface area contributed by atoms with E-state index in [4.69, 9.17) is 0 Å². The summed E-state index contributed by atoms with van der Waals surface area (Å²) in [5, 5.41) is 15.3. The van der Waals surface area contributed by atoms with Crippen LogP contribution in [0.4, 0.5) is 4.79 Å². The van der Waals surface area contributed by atoms with Gasteiger partial charge in [-0.2, -0.15) is 11.8 Å². The molecule has 1 aliphatic carbocycles. The van der Waals surface area contributed by atoms with Crippen LogP contribution in [0.3, 0.4) is 0 Å². The number of urea groups is 1. The zero-order valence-corrected chi connectivity index (χ0v) is 13.3. The molecule has 3 unspecified atom stereocenters. The van der Waals surface area contributed by atoms with Gasteiger partial charge in [0.2, 0.25) is 0 Å². The Labute approximate surface area is 121 Å². The molecule has 112 valence electrons. The van der Waals surface area contributed by atoms with Crippen molar-refractivity contribution in [3.8, 4) is 0 Å². The minimum atomic E-state index is -0.111. The number of nitrogens with one attached hydrogen (secondary N) is 2. The number of thioether (sulfide) groups is 1. The normalized spacial score (nSPS) is 25.4. The molecular formula is C14H28N2O2S. The summed E-state index contributed by atoms with van der Waals surface area (Å²) in [7, 11) is 0. The molecule has 3 atom stereocenters. The molecule has 1 aliphatic rings. The highest BCUT2D eigenvalue weighted by atomic mass is 32.2. The minimum Gasteiger partial charge on any atom is -0.395 e. The van der Waals surface area contributed by atoms with Gasteiger partial charge >= 0.3 is 6.03 Å². The monoisotopic (exact) mass is 288 g/mol. The molecule has 0 radical (unpaired) electrons. The third-order valence-electron chi connectivity index (χ3n) is 4.21. The fourth-order valence-corrected chi connectivity index (χ4v) is 3.32. The predicted octanol–water partition coefficient (Wildman–Crippen LogP) is 2.37. The van der Waals surface area contributed by atoms with E-state index in [1.54, 1.807) is 11.8 Å². The summed E-state index contributed by atoms with van der Waals surface area (Å²) < 4.78 is 0. The second-order valence-corrected chi connectivity index (χ2v) is 7.23. The van der Waals surface area contributed by atoms with Gasteiger partial charge in [0.25, 0.3) is 0 Å². The molecule has 0 spiro atoms. The zero-order valence-electron chi connectivity index (χ0n) is 12.5. The van der Waals surface area contributed by atoms with Crippen LogP contribution in [0.15, 0.2) is 0 Å². The van der Waals surface area contributed by atoms with E-state index in [1.165, 1.54) is 12.8 Å². The van der Waals surface area contributed by atoms with Gasteiger partial charge < -0.3 is 15.7 Å². The summed E-state index contributed by atoms with van der Waals surface area (Å²) >= 11 is 1.57. The van der Waals surface area contributed by atoms with Gasteiger partial charge in [0.1, 0.15) is 0 Å². The highest BCUT2D eigenvalue weighted by molar-refractivity contribution is 7.99. The predicted molar refractivity (Wildman–Crippen MR) is 81.6 cm³/mol. The van der Waals surface area contributed by atoms with Crippen molar-refractivity contribution in [1.29, 1.82) is 0 Å². The Hall–Kier alpha value is -0.420. The minimum absolute atomic E-state index is 0.0355. The number of amides is 2. The second-order valence-electron chi connectivity index (χ2n) is 6.15. The Balaban J connectivity index is 2.46. The first-order valence-electron chi connectivity index (χ1n) is 7.11. The lowest BCUT2D eigenvalue weighted by molar-refractivity contribution is 0.164. The molecule has 0 heterocycles. The number of hydrogen-bond donors (Lipinski definition) is 3. The van der Waals surface area contributed by atoms with Crippen molar-refractivity contribution < 1.29 is 9.90 Å². The van der Waals surface area contributed by atoms with Gasteiger partial charge in [0.15, 0.2) is 0 Å². The Morgan fingerprint density at radius 1 is 1.47 bits per heavy atom. The lowest BCUT2D eigenvalue weighted by Crippen LogP contribution is -2.53. The number of aliphatic hydroxyl groups excluding tert-OH is 1. The number of carbonyl (C=O) groups is 1. The molecule has 0 aliphatic heterocycles. The van der Waals surface area contributed by atoms with Crippen molar-refractivity contribution in [3.63, 3.8) is 0 Å². The molecule has 1 fully saturated rings. The van der Waals surface area contributed by atoms with Crippen LogP contribution in [0.2, 0.25) is 0 Å². The summed E-state index contributed by atoms with van der Waals surface area (Å²) in [6, 6.07) is 0.0991. The fraction of sp³-hybridized carbons (Fsp3) is 0.929. The zero-order chi connectivity index (χ0) is 14.5. The van der Waals surface area contributed by atoms with E-state index in [0.717, 1.165) is 12.8 Å². The van der Waals surface area contributed by atoms with Crippen LogP contribution < -0.4 is 10.6 Å². The van der Waals surface area contributed by atoms with Crippen LogP contribution in [0, 0.1) is 5.41 Å². The Kier molecular flexibility index (Phi) is 6.47. The van der Waals surface area contributed by atoms with Crippen LogP contribution in [0.1, 0.15) is 46.5 Å². The number of rotatable bonds is 5. The highest BCUT2D eigenvalue weighted by Crippen LogP contribution is 2.35. The molecule has 0 aromatic carbocycles. The molecule has 0 saturated heterocycles. The SMILES string of the molecule is CSC(CO)C(C)NC(=O)NC1CCCCC1(C)C. The van der Waals surface area contributed by atoms with E-state index in [0.29, 0.717) is 0 Å². The van der Waals surface area contributed by atoms with Crippen LogP contribution >= 0.6 is 11.8 Å². The van der Waals surface area contributed by atoms with E-state index in [2.05, 4.69) is 24.5 Å². The van der Waals surface area contributed by atoms with Crippen LogP contribution in [0.5, 0.6) is 0 Å². The van der Waals surface area contributed by atoms with Gasteiger partial charge in [-0.1, -0.05) is 26.7 Å². The third kappa shape index (κ3) is 4.88. The molecular weight excluding hydrogens is 260 g/mol. The van der Waals surface area contributed by atoms with Crippen molar-refractivity contribution in [2.24, 2.45) is 5.41 Å². The molecule has 5 heteroatoms. The lowest BCUT2D eigenvalue weighted by Gasteiger charge is -2.39. The van der Waals surface area contributed by atoms with E-state index >= 15 is 0 Å².